The van der Waals surface area contributed by atoms with Crippen LogP contribution in [0.1, 0.15) is 28.8 Å². The topological polar surface area (TPSA) is 25.8 Å². The molecule has 86 valence electrons. The first-order valence-electron chi connectivity index (χ1n) is 6.16. The molecule has 2 aliphatic carbocycles. The minimum atomic E-state index is -0.0797. The van der Waals surface area contributed by atoms with E-state index in [1.54, 1.807) is 6.33 Å². The number of nitrogens with zero attached hydrogens (tertiary/aromatic N) is 2. The largest absolute Gasteiger partial charge is 0.244 e. The third-order valence-electron chi connectivity index (χ3n) is 3.89. The smallest absolute Gasteiger partial charge is 0.115 e. The van der Waals surface area contributed by atoms with Gasteiger partial charge in [0.2, 0.25) is 0 Å². The lowest BCUT2D eigenvalue weighted by atomic mass is 9.73. The summed E-state index contributed by atoms with van der Waals surface area (Å²) in [6.45, 7) is 0. The molecular weight excluding hydrogens is 220 g/mol. The summed E-state index contributed by atoms with van der Waals surface area (Å²) < 4.78 is 0. The normalized spacial score (nSPS) is 23.1. The summed E-state index contributed by atoms with van der Waals surface area (Å²) in [5, 5.41) is 0. The number of hydrogen-bond donors (Lipinski definition) is 0. The molecular formula is C16H12N2. The van der Waals surface area contributed by atoms with E-state index in [1.165, 1.54) is 11.1 Å². The van der Waals surface area contributed by atoms with Crippen LogP contribution in [0.25, 0.3) is 12.2 Å². The molecule has 0 amide bonds. The number of fused-ring (bicyclic) bond motifs is 4. The van der Waals surface area contributed by atoms with Gasteiger partial charge in [0, 0.05) is 11.8 Å². The number of hydrogen-bond acceptors (Lipinski definition) is 2. The van der Waals surface area contributed by atoms with Gasteiger partial charge in [-0.05, 0) is 17.5 Å². The van der Waals surface area contributed by atoms with Gasteiger partial charge in [-0.25, -0.2) is 9.97 Å². The van der Waals surface area contributed by atoms with Gasteiger partial charge in [0.05, 0.1) is 11.1 Å². The Kier molecular flexibility index (Phi) is 1.84. The average Bonchev–Trinajstić information content (AvgIpc) is 2.80. The van der Waals surface area contributed by atoms with Gasteiger partial charge in [-0.2, -0.15) is 0 Å². The summed E-state index contributed by atoms with van der Waals surface area (Å²) in [4.78, 5) is 8.66. The fourth-order valence-electron chi connectivity index (χ4n) is 3.06. The second-order valence-electron chi connectivity index (χ2n) is 4.83. The van der Waals surface area contributed by atoms with Crippen molar-refractivity contribution in [3.63, 3.8) is 0 Å². The second kappa shape index (κ2) is 3.39. The second-order valence-corrected chi connectivity index (χ2v) is 4.83. The third kappa shape index (κ3) is 1.12. The third-order valence-corrected chi connectivity index (χ3v) is 3.89. The first-order chi connectivity index (χ1) is 8.90. The summed E-state index contributed by atoms with van der Waals surface area (Å²) >= 11 is 0. The Labute approximate surface area is 106 Å². The summed E-state index contributed by atoms with van der Waals surface area (Å²) in [6, 6.07) is 8.56. The highest BCUT2D eigenvalue weighted by molar-refractivity contribution is 5.72. The Hall–Kier alpha value is -2.22. The Bertz CT molecular complexity index is 685. The highest BCUT2D eigenvalue weighted by Gasteiger charge is 2.39. The highest BCUT2D eigenvalue weighted by atomic mass is 14.8. The lowest BCUT2D eigenvalue weighted by molar-refractivity contribution is 0.630. The molecule has 0 radical (unpaired) electrons. The van der Waals surface area contributed by atoms with Crippen LogP contribution in [0.4, 0.5) is 0 Å². The predicted molar refractivity (Wildman–Crippen MR) is 71.9 cm³/mol. The van der Waals surface area contributed by atoms with Gasteiger partial charge in [-0.15, -0.1) is 0 Å². The molecule has 1 unspecified atom stereocenters. The van der Waals surface area contributed by atoms with Crippen LogP contribution in [0.3, 0.4) is 0 Å². The highest BCUT2D eigenvalue weighted by Crippen LogP contribution is 2.46. The van der Waals surface area contributed by atoms with Crippen molar-refractivity contribution in [2.24, 2.45) is 0 Å². The quantitative estimate of drug-likeness (QED) is 0.697. The molecule has 2 heteroatoms. The molecule has 1 atom stereocenters. The van der Waals surface area contributed by atoms with Crippen LogP contribution in [0.15, 0.2) is 48.9 Å². The van der Waals surface area contributed by atoms with E-state index < -0.39 is 0 Å². The van der Waals surface area contributed by atoms with Crippen LogP contribution >= 0.6 is 0 Å². The summed E-state index contributed by atoms with van der Waals surface area (Å²) in [5.74, 6) is 0. The number of aromatic nitrogens is 2. The van der Waals surface area contributed by atoms with Gasteiger partial charge in [0.1, 0.15) is 6.33 Å². The molecule has 2 aliphatic rings. The molecule has 0 fully saturated rings. The lowest BCUT2D eigenvalue weighted by Gasteiger charge is -2.31. The first kappa shape index (κ1) is 9.77. The van der Waals surface area contributed by atoms with Gasteiger partial charge < -0.3 is 0 Å². The lowest BCUT2D eigenvalue weighted by Crippen LogP contribution is -2.27. The monoisotopic (exact) mass is 232 g/mol. The molecule has 1 heterocycles. The molecule has 1 spiro atoms. The Balaban J connectivity index is 2.03. The Morgan fingerprint density at radius 3 is 3.00 bits per heavy atom. The van der Waals surface area contributed by atoms with Gasteiger partial charge >= 0.3 is 0 Å². The van der Waals surface area contributed by atoms with E-state index in [4.69, 9.17) is 0 Å². The van der Waals surface area contributed by atoms with E-state index in [2.05, 4.69) is 58.5 Å². The first-order valence-corrected chi connectivity index (χ1v) is 6.16. The molecule has 0 saturated carbocycles. The maximum atomic E-state index is 4.54. The summed E-state index contributed by atoms with van der Waals surface area (Å²) in [7, 11) is 0. The van der Waals surface area contributed by atoms with E-state index in [9.17, 15) is 0 Å². The van der Waals surface area contributed by atoms with Crippen LogP contribution in [0.5, 0.6) is 0 Å². The Morgan fingerprint density at radius 2 is 2.00 bits per heavy atom. The van der Waals surface area contributed by atoms with Crippen molar-refractivity contribution in [1.82, 2.24) is 9.97 Å². The van der Waals surface area contributed by atoms with Gasteiger partial charge in [0.15, 0.2) is 0 Å². The molecule has 1 aromatic heterocycles. The molecule has 0 aliphatic heterocycles. The average molecular weight is 232 g/mol. The zero-order chi connectivity index (χ0) is 12.0. The Morgan fingerprint density at radius 1 is 1.06 bits per heavy atom. The standard InChI is InChI=1S/C16H12N2/c1-2-6-14-12(4-1)7-9-16(14)8-3-5-13-10-17-11-18-15(13)16/h1-7,9-11H,8H2. The zero-order valence-corrected chi connectivity index (χ0v) is 9.88. The number of rotatable bonds is 0. The van der Waals surface area contributed by atoms with Gasteiger partial charge in [0.25, 0.3) is 0 Å². The molecule has 1 aromatic carbocycles. The van der Waals surface area contributed by atoms with E-state index in [1.807, 2.05) is 6.20 Å². The minimum absolute atomic E-state index is 0.0797. The van der Waals surface area contributed by atoms with Crippen LogP contribution in [-0.4, -0.2) is 9.97 Å². The molecule has 2 nitrogen and oxygen atoms in total. The van der Waals surface area contributed by atoms with Crippen molar-refractivity contribution in [2.45, 2.75) is 11.8 Å². The zero-order valence-electron chi connectivity index (χ0n) is 9.88. The number of benzene rings is 1. The molecule has 18 heavy (non-hydrogen) atoms. The number of allylic oxidation sites excluding steroid dienone is 2. The maximum absolute atomic E-state index is 4.54. The molecule has 0 N–H and O–H groups in total. The predicted octanol–water partition coefficient (Wildman–Crippen LogP) is 3.21. The van der Waals surface area contributed by atoms with Crippen LogP contribution in [-0.2, 0) is 5.41 Å². The molecule has 0 saturated heterocycles. The SMILES string of the molecule is C1=Cc2cncnc2C2(C=Cc3ccccc32)C1. The van der Waals surface area contributed by atoms with Crippen LogP contribution in [0.2, 0.25) is 0 Å². The van der Waals surface area contributed by atoms with E-state index in [0.29, 0.717) is 0 Å². The van der Waals surface area contributed by atoms with Crippen molar-refractivity contribution in [3.05, 3.63) is 71.3 Å². The van der Waals surface area contributed by atoms with E-state index in [-0.39, 0.29) is 5.41 Å². The molecule has 2 aromatic rings. The summed E-state index contributed by atoms with van der Waals surface area (Å²) in [6.07, 6.45) is 13.4. The van der Waals surface area contributed by atoms with Crippen molar-refractivity contribution in [3.8, 4) is 0 Å². The van der Waals surface area contributed by atoms with Crippen molar-refractivity contribution in [1.29, 1.82) is 0 Å². The molecule has 4 rings (SSSR count). The van der Waals surface area contributed by atoms with E-state index in [0.717, 1.165) is 17.7 Å². The van der Waals surface area contributed by atoms with Gasteiger partial charge in [-0.3, -0.25) is 0 Å². The van der Waals surface area contributed by atoms with Crippen molar-refractivity contribution < 1.29 is 0 Å². The fraction of sp³-hybridized carbons (Fsp3) is 0.125. The van der Waals surface area contributed by atoms with Gasteiger partial charge in [-0.1, -0.05) is 48.6 Å². The fourth-order valence-corrected chi connectivity index (χ4v) is 3.06. The van der Waals surface area contributed by atoms with E-state index >= 15 is 0 Å². The minimum Gasteiger partial charge on any atom is -0.244 e. The summed E-state index contributed by atoms with van der Waals surface area (Å²) in [5.41, 5.74) is 4.84. The molecule has 0 bridgehead atoms. The van der Waals surface area contributed by atoms with Crippen molar-refractivity contribution in [2.75, 3.05) is 0 Å². The maximum Gasteiger partial charge on any atom is 0.115 e. The van der Waals surface area contributed by atoms with Crippen LogP contribution in [0, 0.1) is 0 Å². The van der Waals surface area contributed by atoms with Crippen molar-refractivity contribution >= 4 is 12.2 Å². The van der Waals surface area contributed by atoms with Crippen LogP contribution < -0.4 is 0 Å².